The molecule has 0 unspecified atom stereocenters. The Labute approximate surface area is 179 Å². The van der Waals surface area contributed by atoms with Crippen LogP contribution in [0.2, 0.25) is 0 Å². The highest BCUT2D eigenvalue weighted by Crippen LogP contribution is 2.36. The van der Waals surface area contributed by atoms with Crippen LogP contribution in [0.5, 0.6) is 0 Å². The summed E-state index contributed by atoms with van der Waals surface area (Å²) in [6, 6.07) is 15.5. The third kappa shape index (κ3) is 5.41. The quantitative estimate of drug-likeness (QED) is 0.698. The first kappa shape index (κ1) is 21.9. The van der Waals surface area contributed by atoms with Crippen LogP contribution in [0.1, 0.15) is 61.1 Å². The molecule has 30 heavy (non-hydrogen) atoms. The van der Waals surface area contributed by atoms with Crippen molar-refractivity contribution in [2.75, 3.05) is 18.4 Å². The Hall–Kier alpha value is -2.82. The zero-order chi connectivity index (χ0) is 21.7. The summed E-state index contributed by atoms with van der Waals surface area (Å²) < 4.78 is 0. The van der Waals surface area contributed by atoms with Gasteiger partial charge in [0.25, 0.3) is 5.91 Å². The number of piperidine rings is 1. The van der Waals surface area contributed by atoms with Gasteiger partial charge >= 0.3 is 6.03 Å². The second-order valence-electron chi connectivity index (χ2n) is 8.78. The van der Waals surface area contributed by atoms with Gasteiger partial charge in [-0.3, -0.25) is 4.79 Å². The van der Waals surface area contributed by atoms with Crippen molar-refractivity contribution < 1.29 is 9.59 Å². The minimum atomic E-state index is -0.0934. The fourth-order valence-electron chi connectivity index (χ4n) is 3.99. The van der Waals surface area contributed by atoms with Crippen LogP contribution in [0.15, 0.2) is 48.5 Å². The van der Waals surface area contributed by atoms with E-state index in [1.165, 1.54) is 11.1 Å². The number of urea groups is 1. The molecule has 5 heteroatoms. The number of nitrogens with one attached hydrogen (secondary N) is 2. The molecule has 1 fully saturated rings. The van der Waals surface area contributed by atoms with Crippen LogP contribution >= 0.6 is 0 Å². The lowest BCUT2D eigenvalue weighted by atomic mass is 9.86. The van der Waals surface area contributed by atoms with Crippen molar-refractivity contribution in [3.63, 3.8) is 0 Å². The van der Waals surface area contributed by atoms with Crippen LogP contribution in [-0.4, -0.2) is 29.9 Å². The minimum absolute atomic E-state index is 0.0698. The molecular weight excluding hydrogens is 374 g/mol. The standard InChI is InChI=1S/C25H33N3O2/c1-17(2)16-26-24(29)21-11-13-22(14-12-21)27-25(30)28-15-5-6-19(4)23(28)20-9-7-18(3)8-10-20/h7-14,17,19,23H,5-6,15-16H2,1-4H3,(H,26,29)(H,27,30)/t19-,23-/m1/s1. The van der Waals surface area contributed by atoms with Crippen LogP contribution in [0.3, 0.4) is 0 Å². The van der Waals surface area contributed by atoms with Crippen molar-refractivity contribution >= 4 is 17.6 Å². The molecule has 0 spiro atoms. The monoisotopic (exact) mass is 407 g/mol. The predicted molar refractivity (Wildman–Crippen MR) is 122 cm³/mol. The van der Waals surface area contributed by atoms with Crippen molar-refractivity contribution in [2.45, 2.75) is 46.6 Å². The van der Waals surface area contributed by atoms with E-state index in [4.69, 9.17) is 0 Å². The van der Waals surface area contributed by atoms with Gasteiger partial charge in [-0.1, -0.05) is 50.6 Å². The molecule has 2 N–H and O–H groups in total. The van der Waals surface area contributed by atoms with Crippen LogP contribution in [0.4, 0.5) is 10.5 Å². The van der Waals surface area contributed by atoms with Gasteiger partial charge in [-0.15, -0.1) is 0 Å². The molecule has 0 aromatic heterocycles. The molecule has 1 heterocycles. The number of rotatable bonds is 5. The van der Waals surface area contributed by atoms with Crippen molar-refractivity contribution in [3.05, 3.63) is 65.2 Å². The zero-order valence-corrected chi connectivity index (χ0v) is 18.4. The summed E-state index contributed by atoms with van der Waals surface area (Å²) in [5.41, 5.74) is 3.69. The number of aryl methyl sites for hydroxylation is 1. The van der Waals surface area contributed by atoms with Gasteiger partial charge in [0.05, 0.1) is 6.04 Å². The van der Waals surface area contributed by atoms with Crippen LogP contribution in [0.25, 0.3) is 0 Å². The van der Waals surface area contributed by atoms with Gasteiger partial charge in [0.1, 0.15) is 0 Å². The first-order chi connectivity index (χ1) is 14.3. The highest BCUT2D eigenvalue weighted by atomic mass is 16.2. The molecule has 2 aromatic rings. The van der Waals surface area contributed by atoms with E-state index >= 15 is 0 Å². The summed E-state index contributed by atoms with van der Waals surface area (Å²) in [5, 5.41) is 5.92. The first-order valence-corrected chi connectivity index (χ1v) is 10.9. The Morgan fingerprint density at radius 1 is 1.07 bits per heavy atom. The number of carbonyl (C=O) groups is 2. The summed E-state index contributed by atoms with van der Waals surface area (Å²) in [4.78, 5) is 27.2. The Morgan fingerprint density at radius 3 is 2.37 bits per heavy atom. The van der Waals surface area contributed by atoms with Crippen molar-refractivity contribution in [2.24, 2.45) is 11.8 Å². The first-order valence-electron chi connectivity index (χ1n) is 10.9. The Kier molecular flexibility index (Phi) is 7.14. The van der Waals surface area contributed by atoms with Crippen LogP contribution in [0, 0.1) is 18.8 Å². The maximum absolute atomic E-state index is 13.1. The smallest absolute Gasteiger partial charge is 0.322 e. The maximum Gasteiger partial charge on any atom is 0.322 e. The topological polar surface area (TPSA) is 61.4 Å². The second-order valence-corrected chi connectivity index (χ2v) is 8.78. The van der Waals surface area contributed by atoms with Crippen molar-refractivity contribution in [1.82, 2.24) is 10.2 Å². The largest absolute Gasteiger partial charge is 0.352 e. The highest BCUT2D eigenvalue weighted by Gasteiger charge is 2.33. The third-order valence-corrected chi connectivity index (χ3v) is 5.68. The number of benzene rings is 2. The second kappa shape index (κ2) is 9.79. The lowest BCUT2D eigenvalue weighted by Crippen LogP contribution is -2.44. The molecule has 2 aromatic carbocycles. The molecule has 1 aliphatic heterocycles. The van der Waals surface area contributed by atoms with Crippen LogP contribution in [-0.2, 0) is 0 Å². The fourth-order valence-corrected chi connectivity index (χ4v) is 3.99. The lowest BCUT2D eigenvalue weighted by molar-refractivity contribution is 0.0949. The van der Waals surface area contributed by atoms with Crippen molar-refractivity contribution in [1.29, 1.82) is 0 Å². The summed E-state index contributed by atoms with van der Waals surface area (Å²) in [5.74, 6) is 0.714. The van der Waals surface area contributed by atoms with Gasteiger partial charge in [-0.2, -0.15) is 0 Å². The number of likely N-dealkylation sites (tertiary alicyclic amines) is 1. The third-order valence-electron chi connectivity index (χ3n) is 5.68. The molecule has 2 atom stereocenters. The van der Waals surface area contributed by atoms with E-state index in [2.05, 4.69) is 62.6 Å². The Bertz CT molecular complexity index is 859. The van der Waals surface area contributed by atoms with E-state index in [0.29, 0.717) is 29.6 Å². The van der Waals surface area contributed by atoms with Gasteiger partial charge in [0.2, 0.25) is 0 Å². The molecule has 3 rings (SSSR count). The van der Waals surface area contributed by atoms with Gasteiger partial charge < -0.3 is 15.5 Å². The normalized spacial score (nSPS) is 18.9. The zero-order valence-electron chi connectivity index (χ0n) is 18.4. The Morgan fingerprint density at radius 2 is 1.73 bits per heavy atom. The molecular formula is C25H33N3O2. The number of anilines is 1. The van der Waals surface area contributed by atoms with E-state index in [1.807, 2.05) is 4.90 Å². The molecule has 0 saturated carbocycles. The SMILES string of the molecule is Cc1ccc([C@H]2[C@H](C)CCCN2C(=O)Nc2ccc(C(=O)NCC(C)C)cc2)cc1. The molecule has 5 nitrogen and oxygen atoms in total. The Balaban J connectivity index is 1.69. The maximum atomic E-state index is 13.1. The van der Waals surface area contributed by atoms with Gasteiger partial charge in [-0.25, -0.2) is 4.79 Å². The molecule has 0 bridgehead atoms. The van der Waals surface area contributed by atoms with Gasteiger partial charge in [0, 0.05) is 24.3 Å². The average Bonchev–Trinajstić information content (AvgIpc) is 2.73. The number of amides is 3. The fraction of sp³-hybridized carbons (Fsp3) is 0.440. The van der Waals surface area contributed by atoms with E-state index < -0.39 is 0 Å². The van der Waals surface area contributed by atoms with E-state index in [1.54, 1.807) is 24.3 Å². The highest BCUT2D eigenvalue weighted by molar-refractivity contribution is 5.95. The summed E-state index contributed by atoms with van der Waals surface area (Å²) in [6.07, 6.45) is 2.12. The molecule has 0 aliphatic carbocycles. The number of carbonyl (C=O) groups excluding carboxylic acids is 2. The van der Waals surface area contributed by atoms with Crippen LogP contribution < -0.4 is 10.6 Å². The van der Waals surface area contributed by atoms with E-state index in [0.717, 1.165) is 19.4 Å². The predicted octanol–water partition coefficient (Wildman–Crippen LogP) is 5.39. The van der Waals surface area contributed by atoms with Crippen molar-refractivity contribution in [3.8, 4) is 0 Å². The van der Waals surface area contributed by atoms with Gasteiger partial charge in [-0.05, 0) is 61.4 Å². The van der Waals surface area contributed by atoms with E-state index in [-0.39, 0.29) is 18.0 Å². The molecule has 0 radical (unpaired) electrons. The number of nitrogens with zero attached hydrogens (tertiary/aromatic N) is 1. The summed E-state index contributed by atoms with van der Waals surface area (Å²) in [7, 11) is 0. The average molecular weight is 408 g/mol. The minimum Gasteiger partial charge on any atom is -0.352 e. The van der Waals surface area contributed by atoms with Gasteiger partial charge in [0.15, 0.2) is 0 Å². The molecule has 3 amide bonds. The number of hydrogen-bond acceptors (Lipinski definition) is 2. The lowest BCUT2D eigenvalue weighted by Gasteiger charge is -2.40. The molecule has 160 valence electrons. The number of hydrogen-bond donors (Lipinski definition) is 2. The molecule has 1 saturated heterocycles. The van der Waals surface area contributed by atoms with E-state index in [9.17, 15) is 9.59 Å². The molecule has 1 aliphatic rings. The summed E-state index contributed by atoms with van der Waals surface area (Å²) in [6.45, 7) is 9.80. The summed E-state index contributed by atoms with van der Waals surface area (Å²) >= 11 is 0.